The van der Waals surface area contributed by atoms with Gasteiger partial charge in [-0.15, -0.1) is 0 Å². The molecule has 5 heteroatoms. The molecule has 22 heavy (non-hydrogen) atoms. The molecule has 0 unspecified atom stereocenters. The van der Waals surface area contributed by atoms with Crippen LogP contribution < -0.4 is 5.32 Å². The van der Waals surface area contributed by atoms with Gasteiger partial charge in [-0.3, -0.25) is 4.90 Å². The average Bonchev–Trinajstić information content (AvgIpc) is 3.00. The third-order valence-corrected chi connectivity index (χ3v) is 5.09. The Morgan fingerprint density at radius 2 is 2.14 bits per heavy atom. The number of furan rings is 1. The van der Waals surface area contributed by atoms with E-state index in [4.69, 9.17) is 4.42 Å². The number of likely N-dealkylation sites (tertiary alicyclic amines) is 1. The molecule has 2 aliphatic rings. The summed E-state index contributed by atoms with van der Waals surface area (Å²) in [4.78, 5) is 16.6. The molecule has 0 radical (unpaired) electrons. The van der Waals surface area contributed by atoms with Crippen molar-refractivity contribution in [2.45, 2.75) is 50.6 Å². The van der Waals surface area contributed by atoms with Crippen LogP contribution in [0.5, 0.6) is 0 Å². The van der Waals surface area contributed by atoms with E-state index in [9.17, 15) is 4.79 Å². The van der Waals surface area contributed by atoms with Crippen LogP contribution in [-0.4, -0.2) is 48.6 Å². The second-order valence-electron chi connectivity index (χ2n) is 6.51. The first-order valence-corrected chi connectivity index (χ1v) is 8.54. The first-order chi connectivity index (χ1) is 10.8. The molecule has 0 spiro atoms. The zero-order chi connectivity index (χ0) is 15.4. The molecule has 0 bridgehead atoms. The van der Waals surface area contributed by atoms with Crippen LogP contribution in [0.4, 0.5) is 4.79 Å². The van der Waals surface area contributed by atoms with Gasteiger partial charge in [0, 0.05) is 19.6 Å². The predicted molar refractivity (Wildman–Crippen MR) is 85.7 cm³/mol. The van der Waals surface area contributed by atoms with Gasteiger partial charge in [0.05, 0.1) is 12.3 Å². The fourth-order valence-corrected chi connectivity index (χ4v) is 3.37. The fraction of sp³-hybridized carbons (Fsp3) is 0.706. The van der Waals surface area contributed by atoms with Gasteiger partial charge in [0.25, 0.3) is 0 Å². The Hall–Kier alpha value is -1.49. The summed E-state index contributed by atoms with van der Waals surface area (Å²) >= 11 is 0. The first kappa shape index (κ1) is 15.4. The highest BCUT2D eigenvalue weighted by Gasteiger charge is 2.28. The summed E-state index contributed by atoms with van der Waals surface area (Å²) < 4.78 is 5.61. The summed E-state index contributed by atoms with van der Waals surface area (Å²) in [6.45, 7) is 2.78. The van der Waals surface area contributed by atoms with Gasteiger partial charge in [0.2, 0.25) is 0 Å². The molecule has 122 valence electrons. The van der Waals surface area contributed by atoms with Crippen LogP contribution in [0.25, 0.3) is 0 Å². The maximum absolute atomic E-state index is 12.3. The van der Waals surface area contributed by atoms with Gasteiger partial charge >= 0.3 is 6.03 Å². The first-order valence-electron chi connectivity index (χ1n) is 8.54. The third-order valence-electron chi connectivity index (χ3n) is 5.09. The Kier molecular flexibility index (Phi) is 5.03. The molecule has 1 aromatic heterocycles. The topological polar surface area (TPSA) is 48.7 Å². The SMILES string of the molecule is CN(C(=O)NC[C@H](c1ccco1)N1CCCCC1)C1CCC1. The minimum atomic E-state index is 0.0401. The van der Waals surface area contributed by atoms with Crippen LogP contribution in [-0.2, 0) is 0 Å². The van der Waals surface area contributed by atoms with Crippen molar-refractivity contribution in [2.75, 3.05) is 26.7 Å². The number of piperidine rings is 1. The van der Waals surface area contributed by atoms with Gasteiger partial charge in [-0.2, -0.15) is 0 Å². The molecule has 1 N–H and O–H groups in total. The fourth-order valence-electron chi connectivity index (χ4n) is 3.37. The lowest BCUT2D eigenvalue weighted by Crippen LogP contribution is -2.49. The summed E-state index contributed by atoms with van der Waals surface area (Å²) in [5.74, 6) is 0.952. The molecule has 0 aromatic carbocycles. The lowest BCUT2D eigenvalue weighted by atomic mass is 9.92. The molecule has 3 rings (SSSR count). The van der Waals surface area contributed by atoms with Gasteiger partial charge < -0.3 is 14.6 Å². The minimum Gasteiger partial charge on any atom is -0.468 e. The number of hydrogen-bond donors (Lipinski definition) is 1. The van der Waals surface area contributed by atoms with Crippen molar-refractivity contribution in [3.05, 3.63) is 24.2 Å². The van der Waals surface area contributed by atoms with Gasteiger partial charge in [-0.05, 0) is 57.3 Å². The van der Waals surface area contributed by atoms with Crippen LogP contribution in [0.3, 0.4) is 0 Å². The van der Waals surface area contributed by atoms with Crippen molar-refractivity contribution >= 4 is 6.03 Å². The largest absolute Gasteiger partial charge is 0.468 e. The Labute approximate surface area is 132 Å². The maximum Gasteiger partial charge on any atom is 0.317 e. The standard InChI is InChI=1S/C17H27N3O2/c1-19(14-7-5-8-14)17(21)18-13-15(16-9-6-12-22-16)20-10-3-2-4-11-20/h6,9,12,14-15H,2-5,7-8,10-11,13H2,1H3,(H,18,21)/t15-/m1/s1. The Morgan fingerprint density at radius 3 is 2.73 bits per heavy atom. The molecule has 1 saturated carbocycles. The van der Waals surface area contributed by atoms with Gasteiger partial charge in [0.1, 0.15) is 5.76 Å². The van der Waals surface area contributed by atoms with Crippen molar-refractivity contribution in [3.8, 4) is 0 Å². The summed E-state index contributed by atoms with van der Waals surface area (Å²) in [5, 5.41) is 3.10. The number of carbonyl (C=O) groups is 1. The smallest absolute Gasteiger partial charge is 0.317 e. The van der Waals surface area contributed by atoms with Crippen LogP contribution in [0, 0.1) is 0 Å². The molecule has 2 heterocycles. The predicted octanol–water partition coefficient (Wildman–Crippen LogP) is 3.00. The van der Waals surface area contributed by atoms with Crippen LogP contribution in [0.1, 0.15) is 50.3 Å². The molecule has 2 fully saturated rings. The molecule has 1 aliphatic heterocycles. The summed E-state index contributed by atoms with van der Waals surface area (Å²) in [5.41, 5.74) is 0. The van der Waals surface area contributed by atoms with Crippen molar-refractivity contribution in [3.63, 3.8) is 0 Å². The summed E-state index contributed by atoms with van der Waals surface area (Å²) in [6, 6.07) is 4.56. The molecule has 1 saturated heterocycles. The van der Waals surface area contributed by atoms with E-state index in [2.05, 4.69) is 10.2 Å². The number of nitrogens with zero attached hydrogens (tertiary/aromatic N) is 2. The Morgan fingerprint density at radius 1 is 1.36 bits per heavy atom. The van der Waals surface area contributed by atoms with E-state index >= 15 is 0 Å². The highest BCUT2D eigenvalue weighted by Crippen LogP contribution is 2.26. The van der Waals surface area contributed by atoms with Gasteiger partial charge in [-0.25, -0.2) is 4.79 Å². The summed E-state index contributed by atoms with van der Waals surface area (Å²) in [6.07, 6.45) is 8.99. The monoisotopic (exact) mass is 305 g/mol. The van der Waals surface area contributed by atoms with Crippen LogP contribution in [0.2, 0.25) is 0 Å². The lowest BCUT2D eigenvalue weighted by molar-refractivity contribution is 0.132. The molecule has 1 aliphatic carbocycles. The number of carbonyl (C=O) groups excluding carboxylic acids is 1. The highest BCUT2D eigenvalue weighted by molar-refractivity contribution is 5.74. The average molecular weight is 305 g/mol. The molecular weight excluding hydrogens is 278 g/mol. The molecule has 5 nitrogen and oxygen atoms in total. The molecule has 1 aromatic rings. The highest BCUT2D eigenvalue weighted by atomic mass is 16.3. The molecular formula is C17H27N3O2. The Balaban J connectivity index is 1.58. The van der Waals surface area contributed by atoms with Gasteiger partial charge in [0.15, 0.2) is 0 Å². The molecule has 2 amide bonds. The summed E-state index contributed by atoms with van der Waals surface area (Å²) in [7, 11) is 1.90. The number of rotatable bonds is 5. The number of nitrogens with one attached hydrogen (secondary N) is 1. The van der Waals surface area contributed by atoms with Crippen LogP contribution in [0.15, 0.2) is 22.8 Å². The zero-order valence-electron chi connectivity index (χ0n) is 13.5. The number of hydrogen-bond acceptors (Lipinski definition) is 3. The van der Waals surface area contributed by atoms with Gasteiger partial charge in [-0.1, -0.05) is 6.42 Å². The van der Waals surface area contributed by atoms with E-state index in [0.717, 1.165) is 31.7 Å². The van der Waals surface area contributed by atoms with Crippen molar-refractivity contribution < 1.29 is 9.21 Å². The van der Waals surface area contributed by atoms with Crippen molar-refractivity contribution in [1.82, 2.24) is 15.1 Å². The van der Waals surface area contributed by atoms with E-state index in [-0.39, 0.29) is 12.1 Å². The van der Waals surface area contributed by atoms with E-state index < -0.39 is 0 Å². The zero-order valence-corrected chi connectivity index (χ0v) is 13.5. The normalized spacial score (nSPS) is 21.1. The van der Waals surface area contributed by atoms with Crippen LogP contribution >= 0.6 is 0 Å². The maximum atomic E-state index is 12.3. The second kappa shape index (κ2) is 7.18. The minimum absolute atomic E-state index is 0.0401. The number of urea groups is 1. The van der Waals surface area contributed by atoms with Crippen molar-refractivity contribution in [1.29, 1.82) is 0 Å². The quantitative estimate of drug-likeness (QED) is 0.910. The van der Waals surface area contributed by atoms with E-state index in [1.165, 1.54) is 25.7 Å². The number of amides is 2. The van der Waals surface area contributed by atoms with E-state index in [1.807, 2.05) is 24.1 Å². The van der Waals surface area contributed by atoms with E-state index in [0.29, 0.717) is 12.6 Å². The second-order valence-corrected chi connectivity index (χ2v) is 6.51. The third kappa shape index (κ3) is 3.46. The lowest BCUT2D eigenvalue weighted by Gasteiger charge is -2.36. The van der Waals surface area contributed by atoms with E-state index in [1.54, 1.807) is 6.26 Å². The Bertz CT molecular complexity index is 464. The van der Waals surface area contributed by atoms with Crippen molar-refractivity contribution in [2.24, 2.45) is 0 Å². The molecule has 1 atom stereocenters.